The number of fused-ring (bicyclic) bond motifs is 3. The smallest absolute Gasteiger partial charge is 0.348 e. The third-order valence-corrected chi connectivity index (χ3v) is 5.33. The summed E-state index contributed by atoms with van der Waals surface area (Å²) in [5, 5.41) is 0.792. The van der Waals surface area contributed by atoms with E-state index in [1.165, 1.54) is 0 Å². The number of hydrogen-bond acceptors (Lipinski definition) is 5. The third-order valence-electron chi connectivity index (χ3n) is 4.43. The quantitative estimate of drug-likeness (QED) is 0.409. The van der Waals surface area contributed by atoms with Crippen molar-refractivity contribution in [2.45, 2.75) is 6.54 Å². The van der Waals surface area contributed by atoms with Gasteiger partial charge in [0, 0.05) is 28.2 Å². The van der Waals surface area contributed by atoms with Gasteiger partial charge in [-0.05, 0) is 30.3 Å². The number of nitrogens with one attached hydrogen (secondary N) is 1. The molecule has 4 rings (SSSR count). The Morgan fingerprint density at radius 2 is 2.03 bits per heavy atom. The van der Waals surface area contributed by atoms with E-state index in [4.69, 9.17) is 13.7 Å². The molecule has 1 unspecified atom stereocenters. The maximum Gasteiger partial charge on any atom is 0.348 e. The van der Waals surface area contributed by atoms with Crippen LogP contribution in [0.4, 0.5) is 5.69 Å². The molecular weight excluding hydrogens is 462 g/mol. The number of benzene rings is 2. The van der Waals surface area contributed by atoms with Crippen LogP contribution in [0.1, 0.15) is 0 Å². The van der Waals surface area contributed by atoms with Crippen LogP contribution >= 0.6 is 15.9 Å². The Morgan fingerprint density at radius 1 is 1.28 bits per heavy atom. The van der Waals surface area contributed by atoms with Gasteiger partial charge in [-0.2, -0.15) is 4.98 Å². The second kappa shape index (κ2) is 8.07. The van der Waals surface area contributed by atoms with Crippen molar-refractivity contribution in [3.05, 3.63) is 57.4 Å². The average molecular weight is 478 g/mol. The van der Waals surface area contributed by atoms with Crippen LogP contribution in [0.25, 0.3) is 33.3 Å². The summed E-state index contributed by atoms with van der Waals surface area (Å²) in [7, 11) is 1.57. The van der Waals surface area contributed by atoms with Crippen LogP contribution in [0.2, 0.25) is 0 Å². The molecule has 2 aromatic carbocycles. The van der Waals surface area contributed by atoms with E-state index in [1.54, 1.807) is 35.9 Å². The monoisotopic (exact) mass is 477 g/mol. The molecule has 0 fully saturated rings. The minimum atomic E-state index is -2.17. The van der Waals surface area contributed by atoms with Gasteiger partial charge in [-0.1, -0.05) is 28.1 Å². The van der Waals surface area contributed by atoms with Gasteiger partial charge in [0.15, 0.2) is 5.58 Å². The van der Waals surface area contributed by atoms with Gasteiger partial charge < -0.3 is 9.15 Å². The molecule has 29 heavy (non-hydrogen) atoms. The van der Waals surface area contributed by atoms with Crippen LogP contribution in [0.3, 0.4) is 0 Å². The second-order valence-electron chi connectivity index (χ2n) is 6.24. The Bertz CT molecular complexity index is 1280. The van der Waals surface area contributed by atoms with Crippen molar-refractivity contribution in [2.24, 2.45) is 0 Å². The fraction of sp³-hybridized carbons (Fsp3) is 0.158. The summed E-state index contributed by atoms with van der Waals surface area (Å²) in [6.45, 7) is 0.695. The van der Waals surface area contributed by atoms with Crippen LogP contribution in [-0.2, 0) is 22.5 Å². The third kappa shape index (κ3) is 3.84. The summed E-state index contributed by atoms with van der Waals surface area (Å²) < 4.78 is 35.9. The number of halogens is 1. The topological polar surface area (TPSA) is 107 Å². The van der Waals surface area contributed by atoms with E-state index in [0.29, 0.717) is 46.8 Å². The summed E-state index contributed by atoms with van der Waals surface area (Å²) in [5.74, 6) is 0. The second-order valence-corrected chi connectivity index (χ2v) is 7.85. The molecule has 0 radical (unpaired) electrons. The van der Waals surface area contributed by atoms with Crippen molar-refractivity contribution in [2.75, 3.05) is 18.4 Å². The minimum Gasteiger partial charge on any atom is -0.452 e. The Labute approximate surface area is 176 Å². The highest BCUT2D eigenvalue weighted by molar-refractivity contribution is 9.10. The molecule has 0 amide bonds. The van der Waals surface area contributed by atoms with E-state index in [2.05, 4.69) is 25.6 Å². The zero-order valence-electron chi connectivity index (χ0n) is 15.2. The largest absolute Gasteiger partial charge is 0.452 e. The SMILES string of the molecule is COCCn1c(=O)nc(-c2ccc(NS(=O)O)cc2)c2oc3ccc(Br)cc3c21. The zero-order valence-corrected chi connectivity index (χ0v) is 17.6. The molecule has 0 aliphatic heterocycles. The Hall–Kier alpha value is -2.53. The molecule has 0 aliphatic rings. The highest BCUT2D eigenvalue weighted by Gasteiger charge is 2.19. The van der Waals surface area contributed by atoms with Gasteiger partial charge >= 0.3 is 5.69 Å². The van der Waals surface area contributed by atoms with Crippen molar-refractivity contribution >= 4 is 55.0 Å². The predicted octanol–water partition coefficient (Wildman–Crippen LogP) is 3.77. The fourth-order valence-corrected chi connectivity index (χ4v) is 3.87. The lowest BCUT2D eigenvalue weighted by molar-refractivity contribution is 0.187. The van der Waals surface area contributed by atoms with E-state index < -0.39 is 17.0 Å². The predicted molar refractivity (Wildman–Crippen MR) is 115 cm³/mol. The van der Waals surface area contributed by atoms with E-state index in [0.717, 1.165) is 9.86 Å². The summed E-state index contributed by atoms with van der Waals surface area (Å²) in [6, 6.07) is 12.3. The molecule has 0 spiro atoms. The Balaban J connectivity index is 1.97. The van der Waals surface area contributed by atoms with Gasteiger partial charge in [-0.15, -0.1) is 0 Å². The maximum absolute atomic E-state index is 12.8. The highest BCUT2D eigenvalue weighted by atomic mass is 79.9. The number of ether oxygens (including phenoxy) is 1. The van der Waals surface area contributed by atoms with Crippen molar-refractivity contribution < 1.29 is 17.9 Å². The van der Waals surface area contributed by atoms with Gasteiger partial charge in [-0.3, -0.25) is 13.8 Å². The van der Waals surface area contributed by atoms with E-state index in [9.17, 15) is 9.00 Å². The number of rotatable bonds is 6. The number of hydrogen-bond donors (Lipinski definition) is 2. The van der Waals surface area contributed by atoms with Crippen molar-refractivity contribution in [1.29, 1.82) is 0 Å². The number of methoxy groups -OCH3 is 1. The first-order valence-corrected chi connectivity index (χ1v) is 10.5. The molecule has 4 aromatic rings. The Morgan fingerprint density at radius 3 is 2.72 bits per heavy atom. The van der Waals surface area contributed by atoms with Gasteiger partial charge in [0.1, 0.15) is 16.8 Å². The molecule has 0 saturated heterocycles. The Kier molecular flexibility index (Phi) is 5.50. The van der Waals surface area contributed by atoms with Crippen molar-refractivity contribution in [3.8, 4) is 11.3 Å². The summed E-state index contributed by atoms with van der Waals surface area (Å²) >= 11 is 1.30. The normalized spacial score (nSPS) is 12.5. The van der Waals surface area contributed by atoms with Gasteiger partial charge in [0.2, 0.25) is 0 Å². The molecule has 2 heterocycles. The van der Waals surface area contributed by atoms with Crippen LogP contribution in [0, 0.1) is 0 Å². The van der Waals surface area contributed by atoms with Gasteiger partial charge in [0.25, 0.3) is 11.3 Å². The number of furan rings is 1. The lowest BCUT2D eigenvalue weighted by Crippen LogP contribution is -2.25. The minimum absolute atomic E-state index is 0.339. The van der Waals surface area contributed by atoms with E-state index >= 15 is 0 Å². The van der Waals surface area contributed by atoms with Crippen LogP contribution in [0.5, 0.6) is 0 Å². The van der Waals surface area contributed by atoms with Crippen molar-refractivity contribution in [1.82, 2.24) is 9.55 Å². The summed E-state index contributed by atoms with van der Waals surface area (Å²) in [4.78, 5) is 17.1. The van der Waals surface area contributed by atoms with Crippen LogP contribution in [0.15, 0.2) is 56.1 Å². The molecule has 0 aliphatic carbocycles. The summed E-state index contributed by atoms with van der Waals surface area (Å²) in [5.41, 5.74) is 2.88. The average Bonchev–Trinajstić information content (AvgIpc) is 3.06. The number of nitrogens with zero attached hydrogens (tertiary/aromatic N) is 2. The molecule has 2 aromatic heterocycles. The van der Waals surface area contributed by atoms with Crippen LogP contribution < -0.4 is 10.4 Å². The molecule has 2 N–H and O–H groups in total. The van der Waals surface area contributed by atoms with Gasteiger partial charge in [-0.25, -0.2) is 9.00 Å². The molecule has 0 saturated carbocycles. The molecule has 10 heteroatoms. The lowest BCUT2D eigenvalue weighted by Gasteiger charge is -2.09. The lowest BCUT2D eigenvalue weighted by atomic mass is 10.1. The maximum atomic E-state index is 12.8. The van der Waals surface area contributed by atoms with E-state index in [-0.39, 0.29) is 0 Å². The molecular formula is C19H16BrN3O5S. The van der Waals surface area contributed by atoms with Gasteiger partial charge in [0.05, 0.1) is 13.2 Å². The first-order valence-electron chi connectivity index (χ1n) is 8.57. The molecule has 8 nitrogen and oxygen atoms in total. The zero-order chi connectivity index (χ0) is 20.5. The standard InChI is InChI=1S/C19H16BrN3O5S/c1-27-9-8-23-17-14-10-12(20)4-7-15(14)28-18(17)16(21-19(23)24)11-2-5-13(6-3-11)22-29(25)26/h2-7,10,22H,8-9H2,1H3,(H,25,26). The van der Waals surface area contributed by atoms with E-state index in [1.807, 2.05) is 18.2 Å². The number of aromatic nitrogens is 2. The number of anilines is 1. The molecule has 150 valence electrons. The first kappa shape index (κ1) is 19.8. The molecule has 0 bridgehead atoms. The first-order chi connectivity index (χ1) is 14.0. The highest BCUT2D eigenvalue weighted by Crippen LogP contribution is 2.35. The molecule has 1 atom stereocenters. The fourth-order valence-electron chi connectivity index (χ4n) is 3.17. The summed E-state index contributed by atoms with van der Waals surface area (Å²) in [6.07, 6.45) is 0. The van der Waals surface area contributed by atoms with Crippen LogP contribution in [-0.4, -0.2) is 32.0 Å². The van der Waals surface area contributed by atoms with Crippen molar-refractivity contribution in [3.63, 3.8) is 0 Å².